The molecule has 0 unspecified atom stereocenters. The average Bonchev–Trinajstić information content (AvgIpc) is 2.83. The van der Waals surface area contributed by atoms with Gasteiger partial charge in [0, 0.05) is 17.8 Å². The van der Waals surface area contributed by atoms with Gasteiger partial charge in [-0.3, -0.25) is 14.4 Å². The summed E-state index contributed by atoms with van der Waals surface area (Å²) in [4.78, 5) is 39.8. The van der Waals surface area contributed by atoms with Gasteiger partial charge in [0.15, 0.2) is 17.3 Å². The van der Waals surface area contributed by atoms with Crippen LogP contribution in [0.25, 0.3) is 0 Å². The minimum Gasteiger partial charge on any atom is -0.507 e. The number of carbonyl (C=O) groups is 3. The van der Waals surface area contributed by atoms with Gasteiger partial charge < -0.3 is 15.3 Å². The van der Waals surface area contributed by atoms with Crippen molar-refractivity contribution in [2.24, 2.45) is 17.8 Å². The highest BCUT2D eigenvalue weighted by atomic mass is 16.3. The van der Waals surface area contributed by atoms with Gasteiger partial charge in [0.25, 0.3) is 0 Å². The van der Waals surface area contributed by atoms with E-state index in [0.29, 0.717) is 0 Å². The quantitative estimate of drug-likeness (QED) is 0.472. The summed E-state index contributed by atoms with van der Waals surface area (Å²) in [6.07, 6.45) is 0.598. The van der Waals surface area contributed by atoms with Crippen LogP contribution in [-0.2, 0) is 0 Å². The third-order valence-corrected chi connectivity index (χ3v) is 6.33. The molecule has 0 atom stereocenters. The van der Waals surface area contributed by atoms with Crippen LogP contribution in [0.4, 0.5) is 0 Å². The van der Waals surface area contributed by atoms with Gasteiger partial charge in [-0.25, -0.2) is 0 Å². The number of ketones is 3. The lowest BCUT2D eigenvalue weighted by Gasteiger charge is -2.33. The molecule has 3 N–H and O–H groups in total. The molecule has 0 saturated heterocycles. The van der Waals surface area contributed by atoms with E-state index in [0.717, 1.165) is 0 Å². The number of hydrogen-bond donors (Lipinski definition) is 3. The number of Topliss-reactive ketones (excluding diaryl/α,β-unsaturated/α-hetero) is 3. The van der Waals surface area contributed by atoms with Gasteiger partial charge in [0.2, 0.25) is 0 Å². The van der Waals surface area contributed by atoms with Crippen LogP contribution in [0.2, 0.25) is 0 Å². The second-order valence-corrected chi connectivity index (χ2v) is 8.44. The maximum absolute atomic E-state index is 13.3. The molecule has 0 bridgehead atoms. The second-order valence-electron chi connectivity index (χ2n) is 8.44. The Balaban J connectivity index is 1.69. The van der Waals surface area contributed by atoms with Gasteiger partial charge in [-0.2, -0.15) is 0 Å². The first-order valence-corrected chi connectivity index (χ1v) is 10.8. The largest absolute Gasteiger partial charge is 0.507 e. The molecule has 0 aromatic heterocycles. The summed E-state index contributed by atoms with van der Waals surface area (Å²) in [5.74, 6) is -3.49. The minimum atomic E-state index is -0.674. The first-order chi connectivity index (χ1) is 15.9. The Morgan fingerprint density at radius 1 is 0.485 bits per heavy atom. The van der Waals surface area contributed by atoms with E-state index < -0.39 is 17.8 Å². The van der Waals surface area contributed by atoms with Gasteiger partial charge in [-0.05, 0) is 55.7 Å². The van der Waals surface area contributed by atoms with Gasteiger partial charge in [0.05, 0.1) is 16.7 Å². The third-order valence-electron chi connectivity index (χ3n) is 6.33. The van der Waals surface area contributed by atoms with Crippen molar-refractivity contribution < 1.29 is 29.7 Å². The molecule has 168 valence electrons. The number of para-hydroxylation sites is 3. The molecule has 0 spiro atoms. The molecule has 6 nitrogen and oxygen atoms in total. The van der Waals surface area contributed by atoms with Crippen molar-refractivity contribution in [3.63, 3.8) is 0 Å². The first-order valence-electron chi connectivity index (χ1n) is 10.8. The monoisotopic (exact) mass is 444 g/mol. The first kappa shape index (κ1) is 22.3. The van der Waals surface area contributed by atoms with Crippen molar-refractivity contribution in [2.75, 3.05) is 0 Å². The Hall–Kier alpha value is -3.93. The number of hydrogen-bond acceptors (Lipinski definition) is 6. The van der Waals surface area contributed by atoms with Gasteiger partial charge in [-0.1, -0.05) is 36.4 Å². The molecule has 33 heavy (non-hydrogen) atoms. The van der Waals surface area contributed by atoms with E-state index in [4.69, 9.17) is 0 Å². The molecule has 0 heterocycles. The average molecular weight is 444 g/mol. The van der Waals surface area contributed by atoms with Crippen LogP contribution in [0, 0.1) is 17.8 Å². The SMILES string of the molecule is O=C(c1ccccc1O)C1CC(C(=O)c2ccccc2O)CC(C(=O)c2ccccc2O)C1. The van der Waals surface area contributed by atoms with Crippen LogP contribution in [0.5, 0.6) is 17.2 Å². The fraction of sp³-hybridized carbons (Fsp3) is 0.222. The van der Waals surface area contributed by atoms with E-state index in [9.17, 15) is 29.7 Å². The number of phenols is 3. The highest BCUT2D eigenvalue weighted by molar-refractivity contribution is 6.05. The fourth-order valence-corrected chi connectivity index (χ4v) is 4.67. The normalized spacial score (nSPS) is 20.2. The number of carbonyl (C=O) groups excluding carboxylic acids is 3. The van der Waals surface area contributed by atoms with Crippen LogP contribution < -0.4 is 0 Å². The van der Waals surface area contributed by atoms with E-state index in [-0.39, 0.29) is 70.6 Å². The van der Waals surface area contributed by atoms with E-state index in [1.807, 2.05) is 0 Å². The van der Waals surface area contributed by atoms with Crippen LogP contribution >= 0.6 is 0 Å². The summed E-state index contributed by atoms with van der Waals surface area (Å²) >= 11 is 0. The van der Waals surface area contributed by atoms with Crippen molar-refractivity contribution in [1.29, 1.82) is 0 Å². The molecule has 1 saturated carbocycles. The predicted molar refractivity (Wildman–Crippen MR) is 122 cm³/mol. The van der Waals surface area contributed by atoms with E-state index in [2.05, 4.69) is 0 Å². The van der Waals surface area contributed by atoms with Crippen molar-refractivity contribution in [2.45, 2.75) is 19.3 Å². The lowest BCUT2D eigenvalue weighted by atomic mass is 9.68. The number of rotatable bonds is 6. The molecule has 6 heteroatoms. The summed E-state index contributed by atoms with van der Waals surface area (Å²) in [7, 11) is 0. The predicted octanol–water partition coefficient (Wildman–Crippen LogP) is 4.78. The van der Waals surface area contributed by atoms with Crippen LogP contribution in [-0.4, -0.2) is 32.7 Å². The molecule has 0 aliphatic heterocycles. The van der Waals surface area contributed by atoms with E-state index in [1.165, 1.54) is 36.4 Å². The maximum Gasteiger partial charge on any atom is 0.169 e. The molecule has 0 amide bonds. The van der Waals surface area contributed by atoms with Crippen molar-refractivity contribution in [3.8, 4) is 17.2 Å². The minimum absolute atomic E-state index is 0.145. The summed E-state index contributed by atoms with van der Waals surface area (Å²) in [6.45, 7) is 0. The highest BCUT2D eigenvalue weighted by Crippen LogP contribution is 2.41. The Morgan fingerprint density at radius 2 is 0.727 bits per heavy atom. The topological polar surface area (TPSA) is 112 Å². The molecule has 1 aliphatic carbocycles. The summed E-state index contributed by atoms with van der Waals surface area (Å²) in [5, 5.41) is 30.5. The molecule has 1 fully saturated rings. The Morgan fingerprint density at radius 3 is 0.970 bits per heavy atom. The lowest BCUT2D eigenvalue weighted by Crippen LogP contribution is -2.35. The number of aromatic hydroxyl groups is 3. The smallest absolute Gasteiger partial charge is 0.169 e. The van der Waals surface area contributed by atoms with Crippen molar-refractivity contribution >= 4 is 17.3 Å². The standard InChI is InChI=1S/C27H24O6/c28-22-10-4-1-7-19(22)25(31)16-13-17(26(32)20-8-2-5-11-23(20)29)15-18(14-16)27(33)21-9-3-6-12-24(21)30/h1-12,16-18,28-30H,13-15H2. The molecule has 1 aliphatic rings. The molecule has 3 aromatic rings. The molecular formula is C27H24O6. The lowest BCUT2D eigenvalue weighted by molar-refractivity contribution is 0.0680. The third kappa shape index (κ3) is 4.51. The Bertz CT molecular complexity index is 1060. The van der Waals surface area contributed by atoms with Gasteiger partial charge in [0.1, 0.15) is 17.2 Å². The second kappa shape index (κ2) is 9.28. The molecule has 4 rings (SSSR count). The van der Waals surface area contributed by atoms with E-state index >= 15 is 0 Å². The highest BCUT2D eigenvalue weighted by Gasteiger charge is 2.40. The summed E-state index contributed by atoms with van der Waals surface area (Å²) in [6, 6.07) is 18.6. The zero-order valence-electron chi connectivity index (χ0n) is 17.8. The fourth-order valence-electron chi connectivity index (χ4n) is 4.67. The number of benzene rings is 3. The molecule has 3 aromatic carbocycles. The zero-order chi connectivity index (χ0) is 23.5. The summed E-state index contributed by atoms with van der Waals surface area (Å²) < 4.78 is 0. The van der Waals surface area contributed by atoms with Crippen LogP contribution in [0.15, 0.2) is 72.8 Å². The van der Waals surface area contributed by atoms with Gasteiger partial charge in [-0.15, -0.1) is 0 Å². The molecule has 0 radical (unpaired) electrons. The Labute approximate surface area is 191 Å². The van der Waals surface area contributed by atoms with E-state index in [1.54, 1.807) is 36.4 Å². The molecular weight excluding hydrogens is 420 g/mol. The van der Waals surface area contributed by atoms with Gasteiger partial charge >= 0.3 is 0 Å². The number of phenolic OH excluding ortho intramolecular Hbond substituents is 3. The Kier molecular flexibility index (Phi) is 6.27. The van der Waals surface area contributed by atoms with Crippen LogP contribution in [0.3, 0.4) is 0 Å². The van der Waals surface area contributed by atoms with Crippen molar-refractivity contribution in [1.82, 2.24) is 0 Å². The van der Waals surface area contributed by atoms with Crippen LogP contribution in [0.1, 0.15) is 50.3 Å². The summed E-state index contributed by atoms with van der Waals surface area (Å²) in [5.41, 5.74) is 0.436. The van der Waals surface area contributed by atoms with Crippen molar-refractivity contribution in [3.05, 3.63) is 89.5 Å². The zero-order valence-corrected chi connectivity index (χ0v) is 17.8. The maximum atomic E-state index is 13.3.